The Morgan fingerprint density at radius 3 is 1.18 bits per heavy atom. The molecule has 0 aliphatic heterocycles. The highest BCUT2D eigenvalue weighted by atomic mass is 16.6. The third kappa shape index (κ3) is 38.5. The van der Waals surface area contributed by atoms with Crippen molar-refractivity contribution in [3.63, 3.8) is 0 Å². The Morgan fingerprint density at radius 2 is 0.822 bits per heavy atom. The van der Waals surface area contributed by atoms with E-state index in [1.807, 2.05) is 27.7 Å². The summed E-state index contributed by atoms with van der Waals surface area (Å²) < 4.78 is 15.1. The molecule has 0 aromatic heterocycles. The molecule has 268 valence electrons. The molecule has 0 aromatic carbocycles. The molecule has 0 aliphatic rings. The van der Waals surface area contributed by atoms with Gasteiger partial charge < -0.3 is 19.3 Å². The standard InChI is InChI=1S/C26H52O3.C12H22O4/c1-3-5-7-9-11-12-13-14-15-16-17-18-19-21-23-25(27)26(28)29-24-22-20-10-8-6-4-2;1-9(2)15-11(13)7-5-6-8-12(14)16-10(3)4/h25,27H,3-24H2,1-2H3;9-10H,5-8H2,1-4H3. The molecule has 1 N–H and O–H groups in total. The van der Waals surface area contributed by atoms with Gasteiger partial charge >= 0.3 is 17.9 Å². The summed E-state index contributed by atoms with van der Waals surface area (Å²) in [6.07, 6.45) is 27.0. The van der Waals surface area contributed by atoms with Gasteiger partial charge in [-0.15, -0.1) is 0 Å². The molecule has 1 atom stereocenters. The van der Waals surface area contributed by atoms with E-state index in [1.165, 1.54) is 103 Å². The normalized spacial score (nSPS) is 11.7. The number of aliphatic hydroxyl groups is 1. The average Bonchev–Trinajstić information content (AvgIpc) is 2.98. The largest absolute Gasteiger partial charge is 0.464 e. The Labute approximate surface area is 278 Å². The van der Waals surface area contributed by atoms with Crippen molar-refractivity contribution in [3.8, 4) is 0 Å². The zero-order valence-corrected chi connectivity index (χ0v) is 30.5. The van der Waals surface area contributed by atoms with Gasteiger partial charge in [0, 0.05) is 12.8 Å². The van der Waals surface area contributed by atoms with E-state index in [2.05, 4.69) is 13.8 Å². The smallest absolute Gasteiger partial charge is 0.334 e. The minimum Gasteiger partial charge on any atom is -0.464 e. The molecule has 1 unspecified atom stereocenters. The van der Waals surface area contributed by atoms with Crippen LogP contribution in [0, 0.1) is 0 Å². The summed E-state index contributed by atoms with van der Waals surface area (Å²) in [5.41, 5.74) is 0. The van der Waals surface area contributed by atoms with Crippen LogP contribution in [-0.4, -0.2) is 47.9 Å². The molecule has 0 fully saturated rings. The van der Waals surface area contributed by atoms with Crippen molar-refractivity contribution in [3.05, 3.63) is 0 Å². The quantitative estimate of drug-likeness (QED) is 0.0473. The Kier molecular flexibility index (Phi) is 35.6. The van der Waals surface area contributed by atoms with Crippen LogP contribution in [0.5, 0.6) is 0 Å². The molecule has 0 aromatic rings. The third-order valence-electron chi connectivity index (χ3n) is 7.59. The van der Waals surface area contributed by atoms with Gasteiger partial charge in [0.25, 0.3) is 0 Å². The fraction of sp³-hybridized carbons (Fsp3) is 0.921. The molecule has 0 spiro atoms. The van der Waals surface area contributed by atoms with E-state index in [9.17, 15) is 19.5 Å². The predicted molar refractivity (Wildman–Crippen MR) is 186 cm³/mol. The Morgan fingerprint density at radius 1 is 0.489 bits per heavy atom. The first-order valence-corrected chi connectivity index (χ1v) is 18.9. The molecule has 0 aliphatic carbocycles. The number of carbonyl (C=O) groups is 3. The lowest BCUT2D eigenvalue weighted by atomic mass is 10.0. The molecule has 0 bridgehead atoms. The van der Waals surface area contributed by atoms with Crippen LogP contribution in [0.25, 0.3) is 0 Å². The second kappa shape index (κ2) is 35.2. The zero-order valence-electron chi connectivity index (χ0n) is 30.5. The summed E-state index contributed by atoms with van der Waals surface area (Å²) in [6.45, 7) is 12.2. The number of carbonyl (C=O) groups excluding carboxylic acids is 3. The van der Waals surface area contributed by atoms with Crippen molar-refractivity contribution in [2.45, 2.75) is 220 Å². The highest BCUT2D eigenvalue weighted by Crippen LogP contribution is 2.14. The number of aliphatic hydroxyl groups excluding tert-OH is 1. The molecule has 0 saturated carbocycles. The van der Waals surface area contributed by atoms with Gasteiger partial charge in [0.15, 0.2) is 6.10 Å². The summed E-state index contributed by atoms with van der Waals surface area (Å²) in [7, 11) is 0. The second-order valence-electron chi connectivity index (χ2n) is 13.1. The maximum absolute atomic E-state index is 11.8. The molecule has 0 radical (unpaired) electrons. The van der Waals surface area contributed by atoms with Crippen molar-refractivity contribution < 1.29 is 33.7 Å². The number of rotatable bonds is 30. The summed E-state index contributed by atoms with van der Waals surface area (Å²) in [5.74, 6) is -0.826. The van der Waals surface area contributed by atoms with E-state index in [0.29, 0.717) is 38.7 Å². The lowest BCUT2D eigenvalue weighted by Crippen LogP contribution is -2.23. The molecule has 7 nitrogen and oxygen atoms in total. The molecule has 0 amide bonds. The van der Waals surface area contributed by atoms with Gasteiger partial charge in [-0.25, -0.2) is 4.79 Å². The van der Waals surface area contributed by atoms with Gasteiger partial charge in [-0.2, -0.15) is 0 Å². The number of unbranched alkanes of at least 4 members (excludes halogenated alkanes) is 19. The Hall–Kier alpha value is -1.63. The predicted octanol–water partition coefficient (Wildman–Crippen LogP) is 10.6. The first-order valence-electron chi connectivity index (χ1n) is 18.9. The summed E-state index contributed by atoms with van der Waals surface area (Å²) in [5, 5.41) is 9.91. The number of hydrogen-bond donors (Lipinski definition) is 1. The van der Waals surface area contributed by atoms with Crippen LogP contribution in [-0.2, 0) is 28.6 Å². The monoisotopic (exact) mass is 643 g/mol. The van der Waals surface area contributed by atoms with Crippen LogP contribution in [0.1, 0.15) is 202 Å². The van der Waals surface area contributed by atoms with Gasteiger partial charge in [0.2, 0.25) is 0 Å². The summed E-state index contributed by atoms with van der Waals surface area (Å²) >= 11 is 0. The molecule has 7 heteroatoms. The van der Waals surface area contributed by atoms with Crippen molar-refractivity contribution in [2.75, 3.05) is 6.61 Å². The fourth-order valence-corrected chi connectivity index (χ4v) is 4.98. The number of esters is 3. The van der Waals surface area contributed by atoms with Crippen LogP contribution in [0.4, 0.5) is 0 Å². The van der Waals surface area contributed by atoms with Crippen LogP contribution >= 0.6 is 0 Å². The van der Waals surface area contributed by atoms with E-state index in [1.54, 1.807) is 0 Å². The van der Waals surface area contributed by atoms with Crippen LogP contribution < -0.4 is 0 Å². The van der Waals surface area contributed by atoms with Crippen molar-refractivity contribution in [1.29, 1.82) is 0 Å². The maximum atomic E-state index is 11.8. The Bertz CT molecular complexity index is 638. The van der Waals surface area contributed by atoms with Crippen LogP contribution in [0.2, 0.25) is 0 Å². The minimum atomic E-state index is -0.924. The molecule has 45 heavy (non-hydrogen) atoms. The van der Waals surface area contributed by atoms with Crippen molar-refractivity contribution in [2.24, 2.45) is 0 Å². The molecule has 0 heterocycles. The first-order chi connectivity index (χ1) is 21.6. The topological polar surface area (TPSA) is 99.1 Å². The molecule has 0 rings (SSSR count). The first kappa shape index (κ1) is 45.5. The van der Waals surface area contributed by atoms with E-state index < -0.39 is 12.1 Å². The molecule has 0 saturated heterocycles. The highest BCUT2D eigenvalue weighted by molar-refractivity contribution is 5.74. The van der Waals surface area contributed by atoms with Gasteiger partial charge in [-0.3, -0.25) is 9.59 Å². The van der Waals surface area contributed by atoms with E-state index >= 15 is 0 Å². The number of hydrogen-bond acceptors (Lipinski definition) is 7. The Balaban J connectivity index is 0. The van der Waals surface area contributed by atoms with Crippen molar-refractivity contribution in [1.82, 2.24) is 0 Å². The van der Waals surface area contributed by atoms with E-state index in [4.69, 9.17) is 14.2 Å². The summed E-state index contributed by atoms with van der Waals surface area (Å²) in [4.78, 5) is 34.0. The van der Waals surface area contributed by atoms with Gasteiger partial charge in [-0.05, 0) is 53.4 Å². The number of ether oxygens (including phenoxy) is 3. The fourth-order valence-electron chi connectivity index (χ4n) is 4.98. The SMILES string of the molecule is CC(C)OC(=O)CCCCC(=O)OC(C)C.CCCCCCCCCCCCCCCCC(O)C(=O)OCCCCCCCC. The van der Waals surface area contributed by atoms with Crippen LogP contribution in [0.15, 0.2) is 0 Å². The third-order valence-corrected chi connectivity index (χ3v) is 7.59. The van der Waals surface area contributed by atoms with E-state index in [0.717, 1.165) is 25.7 Å². The van der Waals surface area contributed by atoms with Gasteiger partial charge in [-0.1, -0.05) is 136 Å². The van der Waals surface area contributed by atoms with Crippen molar-refractivity contribution >= 4 is 17.9 Å². The lowest BCUT2D eigenvalue weighted by molar-refractivity contribution is -0.154. The summed E-state index contributed by atoms with van der Waals surface area (Å²) in [6, 6.07) is 0. The molecular weight excluding hydrogens is 568 g/mol. The van der Waals surface area contributed by atoms with E-state index in [-0.39, 0.29) is 24.1 Å². The van der Waals surface area contributed by atoms with Crippen LogP contribution in [0.3, 0.4) is 0 Å². The maximum Gasteiger partial charge on any atom is 0.334 e. The average molecular weight is 643 g/mol. The minimum absolute atomic E-state index is 0.0709. The molecular formula is C38H74O7. The van der Waals surface area contributed by atoms with Gasteiger partial charge in [0.1, 0.15) is 0 Å². The lowest BCUT2D eigenvalue weighted by Gasteiger charge is -2.10. The zero-order chi connectivity index (χ0) is 34.0. The highest BCUT2D eigenvalue weighted by Gasteiger charge is 2.15. The second-order valence-corrected chi connectivity index (χ2v) is 13.1. The van der Waals surface area contributed by atoms with Gasteiger partial charge in [0.05, 0.1) is 18.8 Å².